The van der Waals surface area contributed by atoms with Gasteiger partial charge in [-0.15, -0.1) is 0 Å². The lowest BCUT2D eigenvalue weighted by molar-refractivity contribution is 0.188. The Bertz CT molecular complexity index is 716. The lowest BCUT2D eigenvalue weighted by Gasteiger charge is -2.28. The fourth-order valence-corrected chi connectivity index (χ4v) is 2.82. The maximum absolute atomic E-state index is 14.1. The fourth-order valence-electron chi connectivity index (χ4n) is 2.82. The molecule has 1 atom stereocenters. The minimum Gasteiger partial charge on any atom is -0.496 e. The average Bonchev–Trinajstić information content (AvgIpc) is 2.95. The van der Waals surface area contributed by atoms with E-state index < -0.39 is 17.7 Å². The second-order valence-corrected chi connectivity index (χ2v) is 5.71. The summed E-state index contributed by atoms with van der Waals surface area (Å²) in [6, 6.07) is 4.35. The van der Waals surface area contributed by atoms with Gasteiger partial charge in [0.05, 0.1) is 31.1 Å². The average molecular weight is 323 g/mol. The van der Waals surface area contributed by atoms with E-state index in [2.05, 4.69) is 5.10 Å². The SMILES string of the molecule is COc1ccc(F)c(F)c1CN1CCn2nc([C@H](C)O)cc2C1. The van der Waals surface area contributed by atoms with Crippen LogP contribution in [0.1, 0.15) is 30.0 Å². The van der Waals surface area contributed by atoms with Crippen LogP contribution in [0.5, 0.6) is 5.75 Å². The van der Waals surface area contributed by atoms with E-state index >= 15 is 0 Å². The molecule has 23 heavy (non-hydrogen) atoms. The van der Waals surface area contributed by atoms with Gasteiger partial charge >= 0.3 is 0 Å². The summed E-state index contributed by atoms with van der Waals surface area (Å²) in [5.74, 6) is -1.40. The smallest absolute Gasteiger partial charge is 0.167 e. The molecule has 1 aliphatic rings. The summed E-state index contributed by atoms with van der Waals surface area (Å²) in [4.78, 5) is 2.00. The van der Waals surface area contributed by atoms with Gasteiger partial charge in [0.1, 0.15) is 5.75 Å². The monoisotopic (exact) mass is 323 g/mol. The number of benzene rings is 1. The van der Waals surface area contributed by atoms with Gasteiger partial charge in [0, 0.05) is 25.2 Å². The second kappa shape index (κ2) is 6.25. The first-order valence-electron chi connectivity index (χ1n) is 7.47. The second-order valence-electron chi connectivity index (χ2n) is 5.71. The van der Waals surface area contributed by atoms with Crippen molar-refractivity contribution in [1.82, 2.24) is 14.7 Å². The van der Waals surface area contributed by atoms with E-state index in [4.69, 9.17) is 4.74 Å². The Morgan fingerprint density at radius 2 is 2.13 bits per heavy atom. The molecule has 0 bridgehead atoms. The Morgan fingerprint density at radius 1 is 1.35 bits per heavy atom. The van der Waals surface area contributed by atoms with Gasteiger partial charge in [0.15, 0.2) is 11.6 Å². The highest BCUT2D eigenvalue weighted by atomic mass is 19.2. The minimum atomic E-state index is -0.876. The number of fused-ring (bicyclic) bond motifs is 1. The number of nitrogens with zero attached hydrogens (tertiary/aromatic N) is 3. The van der Waals surface area contributed by atoms with Crippen LogP contribution in [0.3, 0.4) is 0 Å². The highest BCUT2D eigenvalue weighted by molar-refractivity contribution is 5.35. The van der Waals surface area contributed by atoms with Crippen LogP contribution >= 0.6 is 0 Å². The molecule has 7 heteroatoms. The Hall–Kier alpha value is -1.99. The van der Waals surface area contributed by atoms with Gasteiger partial charge in [-0.25, -0.2) is 8.78 Å². The largest absolute Gasteiger partial charge is 0.496 e. The predicted molar refractivity (Wildman–Crippen MR) is 79.9 cm³/mol. The van der Waals surface area contributed by atoms with Crippen molar-refractivity contribution in [1.29, 1.82) is 0 Å². The van der Waals surface area contributed by atoms with Gasteiger partial charge in [-0.3, -0.25) is 9.58 Å². The zero-order valence-corrected chi connectivity index (χ0v) is 13.1. The van der Waals surface area contributed by atoms with Crippen molar-refractivity contribution in [2.75, 3.05) is 13.7 Å². The van der Waals surface area contributed by atoms with Crippen molar-refractivity contribution in [2.24, 2.45) is 0 Å². The molecule has 2 aromatic rings. The Morgan fingerprint density at radius 3 is 2.83 bits per heavy atom. The Balaban J connectivity index is 1.81. The van der Waals surface area contributed by atoms with Crippen molar-refractivity contribution in [3.8, 4) is 5.75 Å². The number of hydrogen-bond donors (Lipinski definition) is 1. The van der Waals surface area contributed by atoms with Gasteiger partial charge < -0.3 is 9.84 Å². The van der Waals surface area contributed by atoms with E-state index in [1.54, 1.807) is 6.92 Å². The van der Waals surface area contributed by atoms with Crippen LogP contribution in [-0.4, -0.2) is 33.4 Å². The molecule has 0 fully saturated rings. The van der Waals surface area contributed by atoms with E-state index in [-0.39, 0.29) is 12.1 Å². The molecule has 1 aliphatic heterocycles. The molecule has 0 unspecified atom stereocenters. The van der Waals surface area contributed by atoms with E-state index in [1.807, 2.05) is 15.6 Å². The minimum absolute atomic E-state index is 0.219. The summed E-state index contributed by atoms with van der Waals surface area (Å²) >= 11 is 0. The van der Waals surface area contributed by atoms with Gasteiger partial charge in [-0.05, 0) is 25.1 Å². The number of rotatable bonds is 4. The number of aromatic nitrogens is 2. The first-order chi connectivity index (χ1) is 11.0. The molecule has 0 saturated carbocycles. The summed E-state index contributed by atoms with van der Waals surface area (Å²) in [7, 11) is 1.44. The number of halogens is 2. The summed E-state index contributed by atoms with van der Waals surface area (Å²) in [6.45, 7) is 3.77. The van der Waals surface area contributed by atoms with Crippen LogP contribution in [0.4, 0.5) is 8.78 Å². The number of aliphatic hydroxyl groups is 1. The van der Waals surface area contributed by atoms with Crippen LogP contribution in [0.2, 0.25) is 0 Å². The summed E-state index contributed by atoms with van der Waals surface area (Å²) in [5, 5.41) is 14.0. The van der Waals surface area contributed by atoms with E-state index in [0.717, 1.165) is 11.8 Å². The van der Waals surface area contributed by atoms with Crippen LogP contribution < -0.4 is 4.74 Å². The van der Waals surface area contributed by atoms with Crippen molar-refractivity contribution in [3.05, 3.63) is 46.8 Å². The van der Waals surface area contributed by atoms with Gasteiger partial charge in [-0.2, -0.15) is 5.10 Å². The molecule has 124 valence electrons. The zero-order valence-electron chi connectivity index (χ0n) is 13.1. The standard InChI is InChI=1S/C16H19F2N3O2/c1-10(22)14-7-11-8-20(5-6-21(11)19-14)9-12-15(23-2)4-3-13(17)16(12)18/h3-4,7,10,22H,5-6,8-9H2,1-2H3/t10-/m0/s1. The first-order valence-corrected chi connectivity index (χ1v) is 7.47. The maximum atomic E-state index is 14.1. The third-order valence-electron chi connectivity index (χ3n) is 4.08. The Kier molecular flexibility index (Phi) is 4.32. The summed E-state index contributed by atoms with van der Waals surface area (Å²) in [6.07, 6.45) is -0.623. The summed E-state index contributed by atoms with van der Waals surface area (Å²) in [5.41, 5.74) is 1.79. The molecule has 0 amide bonds. The third-order valence-corrected chi connectivity index (χ3v) is 4.08. The number of aliphatic hydroxyl groups excluding tert-OH is 1. The molecule has 0 saturated heterocycles. The molecule has 1 N–H and O–H groups in total. The molecule has 1 aromatic carbocycles. The molecule has 0 spiro atoms. The lowest BCUT2D eigenvalue weighted by Crippen LogP contribution is -2.33. The molecule has 0 aliphatic carbocycles. The van der Waals surface area contributed by atoms with E-state index in [0.29, 0.717) is 31.1 Å². The zero-order chi connectivity index (χ0) is 16.6. The van der Waals surface area contributed by atoms with Crippen molar-refractivity contribution in [3.63, 3.8) is 0 Å². The van der Waals surface area contributed by atoms with Crippen LogP contribution in [0.25, 0.3) is 0 Å². The summed E-state index contributed by atoms with van der Waals surface area (Å²) < 4.78 is 34.6. The van der Waals surface area contributed by atoms with Crippen LogP contribution in [0, 0.1) is 11.6 Å². The molecular formula is C16H19F2N3O2. The predicted octanol–water partition coefficient (Wildman–Crippen LogP) is 2.24. The van der Waals surface area contributed by atoms with Crippen LogP contribution in [0.15, 0.2) is 18.2 Å². The van der Waals surface area contributed by atoms with Crippen molar-refractivity contribution >= 4 is 0 Å². The molecular weight excluding hydrogens is 304 g/mol. The van der Waals surface area contributed by atoms with Crippen molar-refractivity contribution < 1.29 is 18.6 Å². The van der Waals surface area contributed by atoms with Crippen LogP contribution in [-0.2, 0) is 19.6 Å². The fraction of sp³-hybridized carbons (Fsp3) is 0.438. The Labute approximate surface area is 133 Å². The van der Waals surface area contributed by atoms with Gasteiger partial charge in [-0.1, -0.05) is 0 Å². The first kappa shape index (κ1) is 15.9. The normalized spacial score (nSPS) is 16.2. The molecule has 5 nitrogen and oxygen atoms in total. The van der Waals surface area contributed by atoms with Gasteiger partial charge in [0.2, 0.25) is 0 Å². The third kappa shape index (κ3) is 3.07. The topological polar surface area (TPSA) is 50.5 Å². The van der Waals surface area contributed by atoms with E-state index in [9.17, 15) is 13.9 Å². The van der Waals surface area contributed by atoms with Crippen molar-refractivity contribution in [2.45, 2.75) is 32.7 Å². The number of hydrogen-bond acceptors (Lipinski definition) is 4. The van der Waals surface area contributed by atoms with Gasteiger partial charge in [0.25, 0.3) is 0 Å². The quantitative estimate of drug-likeness (QED) is 0.937. The highest BCUT2D eigenvalue weighted by Gasteiger charge is 2.23. The highest BCUT2D eigenvalue weighted by Crippen LogP contribution is 2.27. The molecule has 3 rings (SSSR count). The lowest BCUT2D eigenvalue weighted by atomic mass is 10.1. The molecule has 0 radical (unpaired) electrons. The van der Waals surface area contributed by atoms with E-state index in [1.165, 1.54) is 13.2 Å². The number of ether oxygens (including phenoxy) is 1. The maximum Gasteiger partial charge on any atom is 0.167 e. The number of methoxy groups -OCH3 is 1. The molecule has 1 aromatic heterocycles. The molecule has 2 heterocycles.